The second kappa shape index (κ2) is 6.64. The normalized spacial score (nSPS) is 22.7. The zero-order chi connectivity index (χ0) is 14.7. The minimum Gasteiger partial charge on any atom is -0.448 e. The Labute approximate surface area is 124 Å². The van der Waals surface area contributed by atoms with Gasteiger partial charge in [-0.05, 0) is 24.6 Å². The van der Waals surface area contributed by atoms with Crippen molar-refractivity contribution in [3.05, 3.63) is 23.8 Å². The number of aliphatic hydroxyl groups excluding tert-OH is 1. The maximum atomic E-state index is 10.1. The molecule has 2 aliphatic heterocycles. The van der Waals surface area contributed by atoms with Gasteiger partial charge in [0.1, 0.15) is 6.10 Å². The van der Waals surface area contributed by atoms with E-state index in [1.807, 2.05) is 18.2 Å². The van der Waals surface area contributed by atoms with E-state index >= 15 is 0 Å². The number of benzene rings is 1. The van der Waals surface area contributed by atoms with Crippen LogP contribution < -0.4 is 9.47 Å². The minimum atomic E-state index is -0.613. The summed E-state index contributed by atoms with van der Waals surface area (Å²) in [4.78, 5) is 0. The SMILES string of the molecule is CCCCCC(O)C1Oc2ccc(C3OCCO3)cc2O1. The molecular weight excluding hydrogens is 272 g/mol. The molecule has 0 spiro atoms. The molecule has 3 rings (SSSR count). The lowest BCUT2D eigenvalue weighted by atomic mass is 10.1. The smallest absolute Gasteiger partial charge is 0.267 e. The molecule has 1 fully saturated rings. The van der Waals surface area contributed by atoms with Crippen LogP contribution in [0.5, 0.6) is 11.5 Å². The van der Waals surface area contributed by atoms with Crippen LogP contribution in [0, 0.1) is 0 Å². The van der Waals surface area contributed by atoms with Crippen molar-refractivity contribution in [2.45, 2.75) is 51.3 Å². The third-order valence-electron chi connectivity index (χ3n) is 3.77. The Balaban J connectivity index is 1.61. The molecule has 0 aliphatic carbocycles. The Kier molecular flexibility index (Phi) is 4.63. The minimum absolute atomic E-state index is 0.326. The van der Waals surface area contributed by atoms with Crippen LogP contribution in [0.25, 0.3) is 0 Å². The van der Waals surface area contributed by atoms with E-state index in [9.17, 15) is 5.11 Å². The molecule has 1 saturated heterocycles. The largest absolute Gasteiger partial charge is 0.448 e. The molecule has 1 aromatic carbocycles. The monoisotopic (exact) mass is 294 g/mol. The second-order valence-corrected chi connectivity index (χ2v) is 5.45. The molecule has 0 aromatic heterocycles. The van der Waals surface area contributed by atoms with Gasteiger partial charge in [-0.25, -0.2) is 0 Å². The highest BCUT2D eigenvalue weighted by Crippen LogP contribution is 2.39. The van der Waals surface area contributed by atoms with Gasteiger partial charge in [-0.3, -0.25) is 0 Å². The van der Waals surface area contributed by atoms with Crippen LogP contribution in [0.15, 0.2) is 18.2 Å². The van der Waals surface area contributed by atoms with E-state index in [0.717, 1.165) is 24.8 Å². The second-order valence-electron chi connectivity index (χ2n) is 5.45. The summed E-state index contributed by atoms with van der Waals surface area (Å²) in [6.07, 6.45) is 2.36. The first-order valence-electron chi connectivity index (χ1n) is 7.66. The summed E-state index contributed by atoms with van der Waals surface area (Å²) >= 11 is 0. The molecule has 0 saturated carbocycles. The Hall–Kier alpha value is -1.30. The number of fused-ring (bicyclic) bond motifs is 1. The molecule has 0 radical (unpaired) electrons. The molecule has 5 nitrogen and oxygen atoms in total. The molecule has 0 amide bonds. The average molecular weight is 294 g/mol. The quantitative estimate of drug-likeness (QED) is 0.818. The van der Waals surface area contributed by atoms with Crippen LogP contribution in [0.4, 0.5) is 0 Å². The fourth-order valence-electron chi connectivity index (χ4n) is 2.58. The first-order valence-corrected chi connectivity index (χ1v) is 7.66. The van der Waals surface area contributed by atoms with Gasteiger partial charge in [0.2, 0.25) is 0 Å². The lowest BCUT2D eigenvalue weighted by molar-refractivity contribution is -0.0627. The Bertz CT molecular complexity index is 470. The highest BCUT2D eigenvalue weighted by Gasteiger charge is 2.31. The van der Waals surface area contributed by atoms with E-state index in [-0.39, 0.29) is 6.29 Å². The molecule has 2 aliphatic rings. The molecule has 2 atom stereocenters. The highest BCUT2D eigenvalue weighted by atomic mass is 16.7. The van der Waals surface area contributed by atoms with E-state index in [4.69, 9.17) is 18.9 Å². The molecule has 1 aromatic rings. The van der Waals surface area contributed by atoms with Gasteiger partial charge in [0.05, 0.1) is 13.2 Å². The van der Waals surface area contributed by atoms with Crippen LogP contribution in [-0.2, 0) is 9.47 Å². The van der Waals surface area contributed by atoms with Gasteiger partial charge in [-0.2, -0.15) is 0 Å². The van der Waals surface area contributed by atoms with Gasteiger partial charge in [0, 0.05) is 5.56 Å². The van der Waals surface area contributed by atoms with Crippen molar-refractivity contribution in [3.8, 4) is 11.5 Å². The zero-order valence-electron chi connectivity index (χ0n) is 12.3. The Morgan fingerprint density at radius 1 is 1.14 bits per heavy atom. The molecule has 2 heterocycles. The summed E-state index contributed by atoms with van der Waals surface area (Å²) in [6.45, 7) is 3.36. The van der Waals surface area contributed by atoms with Crippen molar-refractivity contribution in [2.24, 2.45) is 0 Å². The molecule has 2 unspecified atom stereocenters. The maximum absolute atomic E-state index is 10.1. The van der Waals surface area contributed by atoms with Crippen LogP contribution in [-0.4, -0.2) is 30.7 Å². The first kappa shape index (κ1) is 14.6. The van der Waals surface area contributed by atoms with Crippen molar-refractivity contribution in [1.82, 2.24) is 0 Å². The summed E-state index contributed by atoms with van der Waals surface area (Å²) in [5.41, 5.74) is 0.913. The number of ether oxygens (including phenoxy) is 4. The molecule has 0 bridgehead atoms. The van der Waals surface area contributed by atoms with Crippen LogP contribution in [0.2, 0.25) is 0 Å². The van der Waals surface area contributed by atoms with Gasteiger partial charge >= 0.3 is 0 Å². The predicted octanol–water partition coefficient (Wildman–Crippen LogP) is 2.77. The average Bonchev–Trinajstić information content (AvgIpc) is 3.15. The summed E-state index contributed by atoms with van der Waals surface area (Å²) in [5, 5.41) is 10.1. The third-order valence-corrected chi connectivity index (χ3v) is 3.77. The van der Waals surface area contributed by atoms with Crippen molar-refractivity contribution >= 4 is 0 Å². The summed E-state index contributed by atoms with van der Waals surface area (Å²) in [6, 6.07) is 5.61. The predicted molar refractivity (Wildman–Crippen MR) is 76.3 cm³/mol. The fraction of sp³-hybridized carbons (Fsp3) is 0.625. The molecule has 1 N–H and O–H groups in total. The van der Waals surface area contributed by atoms with Crippen LogP contribution in [0.3, 0.4) is 0 Å². The standard InChI is InChI=1S/C16H22O5/c1-2-3-4-5-12(17)16-20-13-7-6-11(10-14(13)21-16)15-18-8-9-19-15/h6-7,10,12,15-17H,2-5,8-9H2,1H3. The number of hydrogen-bond acceptors (Lipinski definition) is 5. The molecule has 116 valence electrons. The molecule has 21 heavy (non-hydrogen) atoms. The summed E-state index contributed by atoms with van der Waals surface area (Å²) in [5.74, 6) is 1.31. The van der Waals surface area contributed by atoms with E-state index < -0.39 is 12.4 Å². The van der Waals surface area contributed by atoms with Gasteiger partial charge in [-0.15, -0.1) is 0 Å². The van der Waals surface area contributed by atoms with Gasteiger partial charge in [0.15, 0.2) is 17.8 Å². The molecule has 5 heteroatoms. The van der Waals surface area contributed by atoms with Gasteiger partial charge in [0.25, 0.3) is 6.29 Å². The van der Waals surface area contributed by atoms with Crippen molar-refractivity contribution in [2.75, 3.05) is 13.2 Å². The fourth-order valence-corrected chi connectivity index (χ4v) is 2.58. The van der Waals surface area contributed by atoms with Crippen molar-refractivity contribution < 1.29 is 24.1 Å². The lowest BCUT2D eigenvalue weighted by Crippen LogP contribution is -2.33. The van der Waals surface area contributed by atoms with E-state index in [0.29, 0.717) is 31.1 Å². The number of rotatable bonds is 6. The number of aliphatic hydroxyl groups is 1. The maximum Gasteiger partial charge on any atom is 0.267 e. The Morgan fingerprint density at radius 3 is 2.67 bits per heavy atom. The summed E-state index contributed by atoms with van der Waals surface area (Å²) < 4.78 is 22.3. The van der Waals surface area contributed by atoms with E-state index in [1.54, 1.807) is 0 Å². The van der Waals surface area contributed by atoms with Gasteiger partial charge < -0.3 is 24.1 Å². The first-order chi connectivity index (χ1) is 10.3. The Morgan fingerprint density at radius 2 is 1.90 bits per heavy atom. The summed E-state index contributed by atoms with van der Waals surface area (Å²) in [7, 11) is 0. The topological polar surface area (TPSA) is 57.2 Å². The highest BCUT2D eigenvalue weighted by molar-refractivity contribution is 5.45. The van der Waals surface area contributed by atoms with Crippen molar-refractivity contribution in [1.29, 1.82) is 0 Å². The molecular formula is C16H22O5. The zero-order valence-corrected chi connectivity index (χ0v) is 12.3. The van der Waals surface area contributed by atoms with Crippen molar-refractivity contribution in [3.63, 3.8) is 0 Å². The van der Waals surface area contributed by atoms with E-state index in [1.165, 1.54) is 0 Å². The van der Waals surface area contributed by atoms with E-state index in [2.05, 4.69) is 6.92 Å². The van der Waals surface area contributed by atoms with Crippen LogP contribution >= 0.6 is 0 Å². The number of hydrogen-bond donors (Lipinski definition) is 1. The lowest BCUT2D eigenvalue weighted by Gasteiger charge is -2.16. The van der Waals surface area contributed by atoms with Gasteiger partial charge in [-0.1, -0.05) is 26.2 Å². The number of unbranched alkanes of at least 4 members (excludes halogenated alkanes) is 2. The third kappa shape index (κ3) is 3.31. The van der Waals surface area contributed by atoms with Crippen LogP contribution in [0.1, 0.15) is 44.5 Å².